The van der Waals surface area contributed by atoms with Crippen LogP contribution in [0.3, 0.4) is 0 Å². The van der Waals surface area contributed by atoms with Gasteiger partial charge >= 0.3 is 12.4 Å². The fourth-order valence-corrected chi connectivity index (χ4v) is 3.34. The molecule has 28 heavy (non-hydrogen) atoms. The lowest BCUT2D eigenvalue weighted by Gasteiger charge is -2.17. The van der Waals surface area contributed by atoms with Crippen LogP contribution >= 0.6 is 0 Å². The maximum absolute atomic E-state index is 12.9. The van der Waals surface area contributed by atoms with Crippen LogP contribution in [0.2, 0.25) is 0 Å². The summed E-state index contributed by atoms with van der Waals surface area (Å²) in [5, 5.41) is 3.36. The Bertz CT molecular complexity index is 777. The van der Waals surface area contributed by atoms with Gasteiger partial charge in [-0.25, -0.2) is 0 Å². The number of hydrogen-bond acceptors (Lipinski definition) is 2. The number of hydrogen-bond donors (Lipinski definition) is 1. The lowest BCUT2D eigenvalue weighted by molar-refractivity contribution is -0.143. The third-order valence-corrected chi connectivity index (χ3v) is 4.66. The summed E-state index contributed by atoms with van der Waals surface area (Å²) in [6.45, 7) is 0.662. The van der Waals surface area contributed by atoms with Crippen LogP contribution in [0.15, 0.2) is 42.5 Å². The van der Waals surface area contributed by atoms with E-state index in [2.05, 4.69) is 5.32 Å². The highest BCUT2D eigenvalue weighted by molar-refractivity contribution is 5.34. The molecule has 1 saturated heterocycles. The number of benzene rings is 2. The van der Waals surface area contributed by atoms with E-state index in [9.17, 15) is 26.3 Å². The van der Waals surface area contributed by atoms with Crippen molar-refractivity contribution in [3.05, 3.63) is 70.3 Å². The van der Waals surface area contributed by atoms with Crippen molar-refractivity contribution in [2.75, 3.05) is 6.54 Å². The topological polar surface area (TPSA) is 21.3 Å². The molecule has 1 heterocycles. The predicted octanol–water partition coefficient (Wildman–Crippen LogP) is 5.87. The van der Waals surface area contributed by atoms with E-state index in [4.69, 9.17) is 4.74 Å². The second-order valence-electron chi connectivity index (χ2n) is 6.75. The van der Waals surface area contributed by atoms with Gasteiger partial charge in [-0.1, -0.05) is 24.3 Å². The molecule has 152 valence electrons. The average Bonchev–Trinajstić information content (AvgIpc) is 3.15. The predicted molar refractivity (Wildman–Crippen MR) is 91.4 cm³/mol. The van der Waals surface area contributed by atoms with Crippen molar-refractivity contribution in [1.82, 2.24) is 5.32 Å². The van der Waals surface area contributed by atoms with Crippen molar-refractivity contribution in [3.8, 4) is 0 Å². The average molecular weight is 403 g/mol. The van der Waals surface area contributed by atoms with Gasteiger partial charge in [0.2, 0.25) is 0 Å². The molecule has 0 saturated carbocycles. The van der Waals surface area contributed by atoms with Crippen LogP contribution in [0.1, 0.15) is 46.7 Å². The highest BCUT2D eigenvalue weighted by Crippen LogP contribution is 2.36. The SMILES string of the molecule is FC(F)(F)c1cc(COCc2ccccc2C2CCCN2)cc(C(F)(F)F)c1. The molecule has 2 aromatic carbocycles. The quantitative estimate of drug-likeness (QED) is 0.631. The summed E-state index contributed by atoms with van der Waals surface area (Å²) in [6, 6.07) is 9.20. The Morgan fingerprint density at radius 2 is 1.54 bits per heavy atom. The minimum atomic E-state index is -4.86. The zero-order valence-corrected chi connectivity index (χ0v) is 14.8. The normalized spacial score (nSPS) is 17.9. The molecule has 2 nitrogen and oxygen atoms in total. The van der Waals surface area contributed by atoms with Crippen LogP contribution in [-0.4, -0.2) is 6.54 Å². The maximum Gasteiger partial charge on any atom is 0.416 e. The van der Waals surface area contributed by atoms with Crippen LogP contribution in [0.5, 0.6) is 0 Å². The van der Waals surface area contributed by atoms with Crippen LogP contribution in [-0.2, 0) is 30.3 Å². The van der Waals surface area contributed by atoms with E-state index in [0.717, 1.165) is 30.5 Å². The second kappa shape index (κ2) is 8.13. The second-order valence-corrected chi connectivity index (χ2v) is 6.75. The van der Waals surface area contributed by atoms with Gasteiger partial charge < -0.3 is 10.1 Å². The van der Waals surface area contributed by atoms with Crippen LogP contribution < -0.4 is 5.32 Å². The van der Waals surface area contributed by atoms with Crippen molar-refractivity contribution in [1.29, 1.82) is 0 Å². The zero-order chi connectivity index (χ0) is 20.4. The molecular weight excluding hydrogens is 384 g/mol. The van der Waals surface area contributed by atoms with Crippen LogP contribution in [0.4, 0.5) is 26.3 Å². The molecule has 0 amide bonds. The molecule has 1 aliphatic heterocycles. The highest BCUT2D eigenvalue weighted by Gasteiger charge is 2.36. The highest BCUT2D eigenvalue weighted by atomic mass is 19.4. The summed E-state index contributed by atoms with van der Waals surface area (Å²) in [7, 11) is 0. The molecule has 0 radical (unpaired) electrons. The first-order valence-corrected chi connectivity index (χ1v) is 8.82. The molecule has 8 heteroatoms. The third-order valence-electron chi connectivity index (χ3n) is 4.66. The van der Waals surface area contributed by atoms with E-state index in [1.807, 2.05) is 24.3 Å². The Balaban J connectivity index is 1.75. The number of nitrogens with one attached hydrogen (secondary N) is 1. The number of rotatable bonds is 5. The van der Waals surface area contributed by atoms with Gasteiger partial charge in [-0.05, 0) is 54.3 Å². The summed E-state index contributed by atoms with van der Waals surface area (Å²) in [6.07, 6.45) is -7.71. The lowest BCUT2D eigenvalue weighted by atomic mass is 9.99. The van der Waals surface area contributed by atoms with Crippen molar-refractivity contribution in [2.24, 2.45) is 0 Å². The minimum Gasteiger partial charge on any atom is -0.372 e. The Kier molecular flexibility index (Phi) is 6.00. The van der Waals surface area contributed by atoms with E-state index in [-0.39, 0.29) is 30.9 Å². The molecule has 1 unspecified atom stereocenters. The molecule has 1 fully saturated rings. The van der Waals surface area contributed by atoms with Gasteiger partial charge in [-0.15, -0.1) is 0 Å². The lowest BCUT2D eigenvalue weighted by Crippen LogP contribution is -2.15. The standard InChI is InChI=1S/C20H19F6NO/c21-19(22,23)15-8-13(9-16(10-15)20(24,25)26)11-28-12-14-4-1-2-5-17(14)18-6-3-7-27-18/h1-2,4-5,8-10,18,27H,3,6-7,11-12H2. The van der Waals surface area contributed by atoms with Crippen molar-refractivity contribution < 1.29 is 31.1 Å². The molecule has 1 atom stereocenters. The monoisotopic (exact) mass is 403 g/mol. The van der Waals surface area contributed by atoms with Gasteiger partial charge in [0, 0.05) is 6.04 Å². The summed E-state index contributed by atoms with van der Waals surface area (Å²) < 4.78 is 83.1. The van der Waals surface area contributed by atoms with Gasteiger partial charge in [0.05, 0.1) is 24.3 Å². The van der Waals surface area contributed by atoms with E-state index in [0.29, 0.717) is 12.1 Å². The van der Waals surface area contributed by atoms with Gasteiger partial charge in [0.25, 0.3) is 0 Å². The first-order valence-electron chi connectivity index (χ1n) is 8.82. The minimum absolute atomic E-state index is 0.103. The maximum atomic E-state index is 12.9. The fourth-order valence-electron chi connectivity index (χ4n) is 3.34. The molecule has 1 N–H and O–H groups in total. The summed E-state index contributed by atoms with van der Waals surface area (Å²) in [5.41, 5.74) is -0.934. The zero-order valence-electron chi connectivity index (χ0n) is 14.8. The first-order chi connectivity index (χ1) is 13.1. The molecule has 1 aliphatic rings. The molecule has 0 spiro atoms. The Morgan fingerprint density at radius 3 is 2.11 bits per heavy atom. The van der Waals surface area contributed by atoms with E-state index in [1.165, 1.54) is 0 Å². The van der Waals surface area contributed by atoms with Gasteiger partial charge in [-0.2, -0.15) is 26.3 Å². The third kappa shape index (κ3) is 5.05. The van der Waals surface area contributed by atoms with Crippen LogP contribution in [0, 0.1) is 0 Å². The molecular formula is C20H19F6NO. The van der Waals surface area contributed by atoms with Gasteiger partial charge in [0.1, 0.15) is 0 Å². The molecule has 0 aromatic heterocycles. The van der Waals surface area contributed by atoms with E-state index < -0.39 is 23.5 Å². The summed E-state index contributed by atoms with van der Waals surface area (Å²) >= 11 is 0. The number of alkyl halides is 6. The molecule has 2 aromatic rings. The Hall–Kier alpha value is -2.06. The van der Waals surface area contributed by atoms with Crippen molar-refractivity contribution >= 4 is 0 Å². The number of halogens is 6. The van der Waals surface area contributed by atoms with Crippen molar-refractivity contribution in [2.45, 2.75) is 44.4 Å². The van der Waals surface area contributed by atoms with Crippen LogP contribution in [0.25, 0.3) is 0 Å². The Morgan fingerprint density at radius 1 is 0.893 bits per heavy atom. The smallest absolute Gasteiger partial charge is 0.372 e. The van der Waals surface area contributed by atoms with E-state index in [1.54, 1.807) is 0 Å². The number of ether oxygens (including phenoxy) is 1. The van der Waals surface area contributed by atoms with E-state index >= 15 is 0 Å². The fraction of sp³-hybridized carbons (Fsp3) is 0.400. The molecule has 0 bridgehead atoms. The molecule has 0 aliphatic carbocycles. The molecule has 3 rings (SSSR count). The first kappa shape index (κ1) is 20.7. The summed E-state index contributed by atoms with van der Waals surface area (Å²) in [5.74, 6) is 0. The van der Waals surface area contributed by atoms with Gasteiger partial charge in [0.15, 0.2) is 0 Å². The summed E-state index contributed by atoms with van der Waals surface area (Å²) in [4.78, 5) is 0. The van der Waals surface area contributed by atoms with Gasteiger partial charge in [-0.3, -0.25) is 0 Å². The Labute approximate surface area is 158 Å². The largest absolute Gasteiger partial charge is 0.416 e. The van der Waals surface area contributed by atoms with Crippen molar-refractivity contribution in [3.63, 3.8) is 0 Å².